The number of ether oxygens (including phenoxy) is 3. The van der Waals surface area contributed by atoms with Crippen LogP contribution < -0.4 is 14.2 Å². The van der Waals surface area contributed by atoms with Crippen LogP contribution in [-0.4, -0.2) is 45.9 Å². The topological polar surface area (TPSA) is 129 Å². The van der Waals surface area contributed by atoms with Crippen LogP contribution in [0.15, 0.2) is 132 Å². The second-order valence-electron chi connectivity index (χ2n) is 12.9. The van der Waals surface area contributed by atoms with E-state index < -0.39 is 0 Å². The van der Waals surface area contributed by atoms with Gasteiger partial charge in [0.25, 0.3) is 0 Å². The molecule has 4 unspecified atom stereocenters. The van der Waals surface area contributed by atoms with E-state index in [1.165, 1.54) is 0 Å². The first kappa shape index (κ1) is 34.6. The monoisotopic (exact) mass is 760 g/mol. The maximum Gasteiger partial charge on any atom is 0.141 e. The summed E-state index contributed by atoms with van der Waals surface area (Å²) in [5, 5.41) is 48.6. The summed E-state index contributed by atoms with van der Waals surface area (Å²) in [6.45, 7) is 0.934. The molecule has 52 heavy (non-hydrogen) atoms. The van der Waals surface area contributed by atoms with E-state index in [9.17, 15) is 25.5 Å². The summed E-state index contributed by atoms with van der Waals surface area (Å²) >= 11 is 3.45. The number of fused-ring (bicyclic) bond motifs is 2. The zero-order valence-electron chi connectivity index (χ0n) is 28.2. The molecule has 0 bridgehead atoms. The van der Waals surface area contributed by atoms with Crippen LogP contribution in [0, 0.1) is 0 Å². The fourth-order valence-corrected chi connectivity index (χ4v) is 7.65. The number of rotatable bonds is 5. The van der Waals surface area contributed by atoms with Crippen molar-refractivity contribution in [1.29, 1.82) is 0 Å². The average molecular weight is 762 g/mol. The van der Waals surface area contributed by atoms with E-state index in [4.69, 9.17) is 14.2 Å². The minimum atomic E-state index is 0.0227. The molecule has 4 atom stereocenters. The third-order valence-electron chi connectivity index (χ3n) is 9.77. The molecule has 5 N–H and O–H groups in total. The molecule has 2 aliphatic heterocycles. The predicted octanol–water partition coefficient (Wildman–Crippen LogP) is 9.29. The molecule has 8 rings (SSSR count). The second-order valence-corrected chi connectivity index (χ2v) is 13.7. The first-order valence-electron chi connectivity index (χ1n) is 16.8. The molecular formula is C43H37BrO8. The van der Waals surface area contributed by atoms with Gasteiger partial charge in [-0.3, -0.25) is 0 Å². The standard InChI is InChI=1S/C22H19BrO4.C21H18O4/c1-26-16-8-4-14(5-9-16)20-17-10-11-19(25)21(23)22(17)27-12-18(20)13-2-6-15(24)7-3-13;22-15-5-1-13(2-6-15)19-12-25-20-11-17(24)9-10-18(20)21(19)14-3-7-16(23)8-4-14/h2-11,18,20,24-25H,12H2,1H3;1-11,19,21-24H,12H2. The lowest BCUT2D eigenvalue weighted by Gasteiger charge is -2.35. The van der Waals surface area contributed by atoms with Gasteiger partial charge in [-0.05, 0) is 98.8 Å². The van der Waals surface area contributed by atoms with Gasteiger partial charge in [0.2, 0.25) is 0 Å². The lowest BCUT2D eigenvalue weighted by Crippen LogP contribution is -2.25. The van der Waals surface area contributed by atoms with Crippen molar-refractivity contribution in [2.75, 3.05) is 20.3 Å². The van der Waals surface area contributed by atoms with E-state index in [1.807, 2.05) is 60.7 Å². The molecule has 0 aliphatic carbocycles. The zero-order chi connectivity index (χ0) is 36.4. The van der Waals surface area contributed by atoms with Crippen molar-refractivity contribution in [1.82, 2.24) is 0 Å². The lowest BCUT2D eigenvalue weighted by atomic mass is 9.76. The number of benzene rings is 6. The molecule has 0 amide bonds. The fraction of sp³-hybridized carbons (Fsp3) is 0.163. The van der Waals surface area contributed by atoms with Gasteiger partial charge in [-0.25, -0.2) is 0 Å². The van der Waals surface area contributed by atoms with E-state index in [1.54, 1.807) is 61.7 Å². The highest BCUT2D eigenvalue weighted by Gasteiger charge is 2.36. The van der Waals surface area contributed by atoms with Crippen molar-refractivity contribution >= 4 is 15.9 Å². The van der Waals surface area contributed by atoms with Gasteiger partial charge in [-0.1, -0.05) is 60.7 Å². The van der Waals surface area contributed by atoms with Crippen LogP contribution in [0.4, 0.5) is 0 Å². The number of phenols is 5. The minimum absolute atomic E-state index is 0.0227. The first-order valence-corrected chi connectivity index (χ1v) is 17.6. The smallest absolute Gasteiger partial charge is 0.141 e. The maximum absolute atomic E-state index is 10.0. The molecule has 6 aromatic carbocycles. The number of aromatic hydroxyl groups is 5. The summed E-state index contributed by atoms with van der Waals surface area (Å²) < 4.78 is 17.8. The summed E-state index contributed by atoms with van der Waals surface area (Å²) in [6, 6.07) is 38.4. The molecular weight excluding hydrogens is 724 g/mol. The lowest BCUT2D eigenvalue weighted by molar-refractivity contribution is 0.245. The van der Waals surface area contributed by atoms with E-state index >= 15 is 0 Å². The molecule has 0 saturated carbocycles. The Morgan fingerprint density at radius 2 is 0.962 bits per heavy atom. The molecule has 6 aromatic rings. The third-order valence-corrected chi connectivity index (χ3v) is 10.5. The van der Waals surface area contributed by atoms with Crippen LogP contribution >= 0.6 is 15.9 Å². The molecule has 0 fully saturated rings. The predicted molar refractivity (Wildman–Crippen MR) is 201 cm³/mol. The largest absolute Gasteiger partial charge is 0.508 e. The Bertz CT molecular complexity index is 2150. The van der Waals surface area contributed by atoms with Crippen LogP contribution in [-0.2, 0) is 0 Å². The normalized spacial score (nSPS) is 18.7. The third kappa shape index (κ3) is 7.05. The number of methoxy groups -OCH3 is 1. The van der Waals surface area contributed by atoms with Crippen molar-refractivity contribution in [3.05, 3.63) is 165 Å². The van der Waals surface area contributed by atoms with Gasteiger partial charge in [0.05, 0.1) is 20.3 Å². The van der Waals surface area contributed by atoms with E-state index in [2.05, 4.69) is 28.1 Å². The van der Waals surface area contributed by atoms with Gasteiger partial charge in [0.15, 0.2) is 0 Å². The van der Waals surface area contributed by atoms with Crippen molar-refractivity contribution in [2.45, 2.75) is 23.7 Å². The van der Waals surface area contributed by atoms with Gasteiger partial charge in [0, 0.05) is 40.9 Å². The molecule has 2 heterocycles. The minimum Gasteiger partial charge on any atom is -0.508 e. The Kier molecular flexibility index (Phi) is 9.87. The Labute approximate surface area is 309 Å². The summed E-state index contributed by atoms with van der Waals surface area (Å²) in [5.74, 6) is 3.37. The molecule has 0 aromatic heterocycles. The SMILES string of the molecule is COc1ccc(C2c3ccc(O)c(Br)c3OCC2c2ccc(O)cc2)cc1.Oc1ccc(C2COc3cc(O)ccc3C2c2ccc(O)cc2)cc1. The van der Waals surface area contributed by atoms with E-state index in [0.29, 0.717) is 29.2 Å². The average Bonchev–Trinajstić information content (AvgIpc) is 3.17. The van der Waals surface area contributed by atoms with Crippen molar-refractivity contribution < 1.29 is 39.7 Å². The number of hydrogen-bond donors (Lipinski definition) is 5. The number of hydrogen-bond acceptors (Lipinski definition) is 8. The van der Waals surface area contributed by atoms with Crippen LogP contribution in [0.2, 0.25) is 0 Å². The summed E-state index contributed by atoms with van der Waals surface area (Å²) in [7, 11) is 1.65. The number of phenolic OH excluding ortho intramolecular Hbond substituents is 5. The zero-order valence-corrected chi connectivity index (χ0v) is 29.8. The first-order chi connectivity index (χ1) is 25.2. The molecule has 0 saturated heterocycles. The van der Waals surface area contributed by atoms with E-state index in [-0.39, 0.29) is 52.4 Å². The van der Waals surface area contributed by atoms with Crippen LogP contribution in [0.3, 0.4) is 0 Å². The van der Waals surface area contributed by atoms with Crippen molar-refractivity contribution in [2.24, 2.45) is 0 Å². The van der Waals surface area contributed by atoms with Crippen molar-refractivity contribution in [3.8, 4) is 46.0 Å². The molecule has 8 nitrogen and oxygen atoms in total. The quantitative estimate of drug-likeness (QED) is 0.118. The molecule has 0 spiro atoms. The molecule has 0 radical (unpaired) electrons. The van der Waals surface area contributed by atoms with Crippen LogP contribution in [0.1, 0.15) is 57.1 Å². The Morgan fingerprint density at radius 3 is 1.50 bits per heavy atom. The molecule has 264 valence electrons. The highest BCUT2D eigenvalue weighted by atomic mass is 79.9. The Morgan fingerprint density at radius 1 is 0.519 bits per heavy atom. The highest BCUT2D eigenvalue weighted by Crippen LogP contribution is 2.51. The van der Waals surface area contributed by atoms with Crippen LogP contribution in [0.5, 0.6) is 46.0 Å². The highest BCUT2D eigenvalue weighted by molar-refractivity contribution is 9.10. The van der Waals surface area contributed by atoms with Gasteiger partial charge < -0.3 is 39.7 Å². The van der Waals surface area contributed by atoms with Gasteiger partial charge in [-0.2, -0.15) is 0 Å². The van der Waals surface area contributed by atoms with Gasteiger partial charge >= 0.3 is 0 Å². The Hall–Kier alpha value is -5.80. The second kappa shape index (κ2) is 14.8. The maximum atomic E-state index is 10.0. The van der Waals surface area contributed by atoms with E-state index in [0.717, 1.165) is 39.1 Å². The molecule has 9 heteroatoms. The summed E-state index contributed by atoms with van der Waals surface area (Å²) in [4.78, 5) is 0. The van der Waals surface area contributed by atoms with Crippen LogP contribution in [0.25, 0.3) is 0 Å². The Balaban J connectivity index is 0.000000162. The summed E-state index contributed by atoms with van der Waals surface area (Å²) in [6.07, 6.45) is 0. The van der Waals surface area contributed by atoms with Gasteiger partial charge in [-0.15, -0.1) is 0 Å². The number of halogens is 1. The fourth-order valence-electron chi connectivity index (χ4n) is 7.17. The van der Waals surface area contributed by atoms with Crippen molar-refractivity contribution in [3.63, 3.8) is 0 Å². The van der Waals surface area contributed by atoms with Gasteiger partial charge in [0.1, 0.15) is 50.5 Å². The molecule has 2 aliphatic rings. The summed E-state index contributed by atoms with van der Waals surface area (Å²) in [5.41, 5.74) is 6.35.